The number of nitrogens with zero attached hydrogens (tertiary/aromatic N) is 1. The highest BCUT2D eigenvalue weighted by molar-refractivity contribution is 5.94. The first kappa shape index (κ1) is 26.4. The van der Waals surface area contributed by atoms with Crippen LogP contribution in [0.4, 0.5) is 0 Å². The molecule has 0 aliphatic rings. The molecule has 2 aromatic heterocycles. The van der Waals surface area contributed by atoms with Gasteiger partial charge in [0.1, 0.15) is 12.1 Å². The Bertz CT molecular complexity index is 1210. The number of hydrogen-bond acceptors (Lipinski definition) is 7. The van der Waals surface area contributed by atoms with Gasteiger partial charge >= 0.3 is 5.97 Å². The number of aromatic nitrogens is 3. The second kappa shape index (κ2) is 12.0. The second-order valence-electron chi connectivity index (χ2n) is 8.30. The SMILES string of the molecule is CC(O)C(NC(=O)C(Cc1c[nH]c2ccccc12)NC(=O)C(Cc1cnc[nH]1)NC(=O)CN)C(=O)O. The zero-order chi connectivity index (χ0) is 26.2. The number of carboxylic acids is 1. The first-order valence-electron chi connectivity index (χ1n) is 11.2. The number of hydrogen-bond donors (Lipinski definition) is 8. The van der Waals surface area contributed by atoms with E-state index in [1.54, 1.807) is 6.20 Å². The van der Waals surface area contributed by atoms with Crippen molar-refractivity contribution in [3.63, 3.8) is 0 Å². The van der Waals surface area contributed by atoms with Crippen LogP contribution in [-0.4, -0.2) is 79.6 Å². The van der Waals surface area contributed by atoms with Crippen LogP contribution >= 0.6 is 0 Å². The summed E-state index contributed by atoms with van der Waals surface area (Å²) < 4.78 is 0. The molecule has 0 saturated heterocycles. The topological polar surface area (TPSA) is 215 Å². The van der Waals surface area contributed by atoms with Gasteiger partial charge in [-0.15, -0.1) is 0 Å². The third-order valence-corrected chi connectivity index (χ3v) is 5.59. The Balaban J connectivity index is 1.87. The van der Waals surface area contributed by atoms with Crippen molar-refractivity contribution in [2.75, 3.05) is 6.54 Å². The van der Waals surface area contributed by atoms with Gasteiger partial charge in [0, 0.05) is 41.8 Å². The number of para-hydroxylation sites is 1. The smallest absolute Gasteiger partial charge is 0.328 e. The van der Waals surface area contributed by atoms with Crippen molar-refractivity contribution in [2.24, 2.45) is 5.73 Å². The molecule has 13 nitrogen and oxygen atoms in total. The van der Waals surface area contributed by atoms with E-state index in [4.69, 9.17) is 5.73 Å². The Hall–Kier alpha value is -4.23. The number of carbonyl (C=O) groups excluding carboxylic acids is 3. The van der Waals surface area contributed by atoms with Gasteiger partial charge in [-0.1, -0.05) is 18.2 Å². The molecule has 2 heterocycles. The van der Waals surface area contributed by atoms with Crippen molar-refractivity contribution in [1.82, 2.24) is 30.9 Å². The molecule has 0 aliphatic carbocycles. The Morgan fingerprint density at radius 3 is 2.36 bits per heavy atom. The van der Waals surface area contributed by atoms with Crippen molar-refractivity contribution in [1.29, 1.82) is 0 Å². The number of imidazole rings is 1. The molecular formula is C23H29N7O6. The first-order chi connectivity index (χ1) is 17.2. The minimum atomic E-state index is -1.59. The number of amides is 3. The highest BCUT2D eigenvalue weighted by Gasteiger charge is 2.32. The number of carboxylic acid groups (broad SMARTS) is 1. The van der Waals surface area contributed by atoms with Crippen LogP contribution in [0.15, 0.2) is 43.0 Å². The number of aliphatic carboxylic acids is 1. The monoisotopic (exact) mass is 499 g/mol. The van der Waals surface area contributed by atoms with E-state index >= 15 is 0 Å². The number of nitrogens with one attached hydrogen (secondary N) is 5. The van der Waals surface area contributed by atoms with Crippen LogP contribution in [0.1, 0.15) is 18.2 Å². The quantitative estimate of drug-likeness (QED) is 0.147. The molecule has 0 bridgehead atoms. The summed E-state index contributed by atoms with van der Waals surface area (Å²) in [7, 11) is 0. The van der Waals surface area contributed by atoms with Crippen LogP contribution < -0.4 is 21.7 Å². The van der Waals surface area contributed by atoms with Gasteiger partial charge < -0.3 is 41.9 Å². The Kier molecular flexibility index (Phi) is 8.76. The van der Waals surface area contributed by atoms with E-state index in [0.717, 1.165) is 10.9 Å². The number of nitrogens with two attached hydrogens (primary N) is 1. The van der Waals surface area contributed by atoms with E-state index in [2.05, 4.69) is 30.9 Å². The number of rotatable bonds is 12. The molecule has 3 amide bonds. The minimum absolute atomic E-state index is 0.00927. The standard InChI is InChI=1S/C23H29N7O6/c1-12(31)20(23(35)36)30-22(34)17(6-13-9-26-16-5-3-2-4-15(13)16)29-21(33)18(28-19(32)8-24)7-14-10-25-11-27-14/h2-5,9-12,17-18,20,26,31H,6-8,24H2,1H3,(H,25,27)(H,28,32)(H,29,33)(H,30,34)(H,35,36). The van der Waals surface area contributed by atoms with E-state index in [1.165, 1.54) is 19.4 Å². The van der Waals surface area contributed by atoms with E-state index in [1.807, 2.05) is 24.3 Å². The second-order valence-corrected chi connectivity index (χ2v) is 8.30. The Labute approximate surface area is 205 Å². The van der Waals surface area contributed by atoms with Gasteiger partial charge in [0.25, 0.3) is 0 Å². The van der Waals surface area contributed by atoms with Crippen LogP contribution in [0.3, 0.4) is 0 Å². The van der Waals surface area contributed by atoms with Crippen molar-refractivity contribution < 1.29 is 29.4 Å². The lowest BCUT2D eigenvalue weighted by Crippen LogP contribution is -2.58. The maximum atomic E-state index is 13.2. The number of aliphatic hydroxyl groups is 1. The van der Waals surface area contributed by atoms with Crippen LogP contribution in [0.25, 0.3) is 10.9 Å². The summed E-state index contributed by atoms with van der Waals surface area (Å²) in [5, 5.41) is 27.4. The number of aliphatic hydroxyl groups excluding tert-OH is 1. The highest BCUT2D eigenvalue weighted by Crippen LogP contribution is 2.19. The largest absolute Gasteiger partial charge is 0.480 e. The van der Waals surface area contributed by atoms with E-state index in [0.29, 0.717) is 11.3 Å². The van der Waals surface area contributed by atoms with Crippen LogP contribution in [-0.2, 0) is 32.0 Å². The lowest BCUT2D eigenvalue weighted by Gasteiger charge is -2.25. The molecule has 4 unspecified atom stereocenters. The summed E-state index contributed by atoms with van der Waals surface area (Å²) in [6.07, 6.45) is 3.28. The van der Waals surface area contributed by atoms with E-state index in [-0.39, 0.29) is 19.4 Å². The average Bonchev–Trinajstić information content (AvgIpc) is 3.51. The van der Waals surface area contributed by atoms with Gasteiger partial charge in [-0.25, -0.2) is 9.78 Å². The lowest BCUT2D eigenvalue weighted by molar-refractivity contribution is -0.145. The van der Waals surface area contributed by atoms with Crippen LogP contribution in [0.5, 0.6) is 0 Å². The minimum Gasteiger partial charge on any atom is -0.480 e. The van der Waals surface area contributed by atoms with Crippen molar-refractivity contribution >= 4 is 34.6 Å². The fraction of sp³-hybridized carbons (Fsp3) is 0.348. The fourth-order valence-corrected chi connectivity index (χ4v) is 3.72. The summed E-state index contributed by atoms with van der Waals surface area (Å²) in [4.78, 5) is 59.7. The van der Waals surface area contributed by atoms with Crippen LogP contribution in [0.2, 0.25) is 0 Å². The van der Waals surface area contributed by atoms with Gasteiger partial charge in [-0.2, -0.15) is 0 Å². The molecule has 3 rings (SSSR count). The molecule has 13 heteroatoms. The zero-order valence-corrected chi connectivity index (χ0v) is 19.5. The zero-order valence-electron chi connectivity index (χ0n) is 19.5. The molecule has 1 aromatic carbocycles. The van der Waals surface area contributed by atoms with Gasteiger partial charge in [0.05, 0.1) is 19.0 Å². The molecule has 36 heavy (non-hydrogen) atoms. The van der Waals surface area contributed by atoms with Crippen LogP contribution in [0, 0.1) is 0 Å². The molecule has 9 N–H and O–H groups in total. The van der Waals surface area contributed by atoms with Gasteiger partial charge in [0.15, 0.2) is 6.04 Å². The third-order valence-electron chi connectivity index (χ3n) is 5.59. The van der Waals surface area contributed by atoms with Gasteiger partial charge in [-0.3, -0.25) is 14.4 Å². The summed E-state index contributed by atoms with van der Waals surface area (Å²) in [5.74, 6) is -3.50. The number of aromatic amines is 2. The third kappa shape index (κ3) is 6.67. The maximum absolute atomic E-state index is 13.2. The van der Waals surface area contributed by atoms with Crippen molar-refractivity contribution in [3.05, 3.63) is 54.2 Å². The Morgan fingerprint density at radius 1 is 1.03 bits per heavy atom. The summed E-state index contributed by atoms with van der Waals surface area (Å²) in [6.45, 7) is 0.885. The van der Waals surface area contributed by atoms with Gasteiger partial charge in [0.2, 0.25) is 17.7 Å². The van der Waals surface area contributed by atoms with Gasteiger partial charge in [-0.05, 0) is 18.6 Å². The van der Waals surface area contributed by atoms with E-state index < -0.39 is 47.9 Å². The number of carbonyl (C=O) groups is 4. The average molecular weight is 500 g/mol. The molecule has 4 atom stereocenters. The molecule has 0 fully saturated rings. The highest BCUT2D eigenvalue weighted by atomic mass is 16.4. The molecule has 0 aliphatic heterocycles. The maximum Gasteiger partial charge on any atom is 0.328 e. The normalized spacial score (nSPS) is 14.4. The Morgan fingerprint density at radius 2 is 1.72 bits per heavy atom. The molecular weight excluding hydrogens is 470 g/mol. The lowest BCUT2D eigenvalue weighted by atomic mass is 10.0. The number of H-pyrrole nitrogens is 2. The molecule has 192 valence electrons. The predicted molar refractivity (Wildman–Crippen MR) is 128 cm³/mol. The summed E-state index contributed by atoms with van der Waals surface area (Å²) in [6, 6.07) is 3.46. The number of benzene rings is 1. The molecule has 3 aromatic rings. The number of fused-ring (bicyclic) bond motifs is 1. The van der Waals surface area contributed by atoms with Crippen molar-refractivity contribution in [3.8, 4) is 0 Å². The molecule has 0 radical (unpaired) electrons. The summed E-state index contributed by atoms with van der Waals surface area (Å²) in [5.41, 5.74) is 7.46. The molecule has 0 spiro atoms. The first-order valence-corrected chi connectivity index (χ1v) is 11.2. The summed E-state index contributed by atoms with van der Waals surface area (Å²) >= 11 is 0. The predicted octanol–water partition coefficient (Wildman–Crippen LogP) is -1.45. The van der Waals surface area contributed by atoms with E-state index in [9.17, 15) is 29.4 Å². The van der Waals surface area contributed by atoms with Crippen molar-refractivity contribution in [2.45, 2.75) is 44.0 Å². The molecule has 0 saturated carbocycles. The fourth-order valence-electron chi connectivity index (χ4n) is 3.72.